The molecule has 1 nitrogen and oxygen atoms in total. The van der Waals surface area contributed by atoms with Gasteiger partial charge in [0.25, 0.3) is 0 Å². The van der Waals surface area contributed by atoms with Gasteiger partial charge in [-0.2, -0.15) is 0 Å². The Balaban J connectivity index is 2.62. The molecule has 1 heteroatoms. The van der Waals surface area contributed by atoms with Gasteiger partial charge in [0, 0.05) is 12.5 Å². The molecule has 0 aliphatic rings. The molecule has 0 saturated carbocycles. The van der Waals surface area contributed by atoms with Gasteiger partial charge in [0.1, 0.15) is 0 Å². The monoisotopic (exact) mass is 173 g/mol. The molecular weight excluding hydrogens is 158 g/mol. The number of nitrogens with two attached hydrogens (primary N) is 1. The lowest BCUT2D eigenvalue weighted by Gasteiger charge is -2.09. The number of hydrogen-bond acceptors (Lipinski definition) is 1. The number of aryl methyl sites for hydroxylation is 1. The molecule has 1 aromatic rings. The molecule has 1 aromatic carbocycles. The molecule has 0 bridgehead atoms. The fraction of sp³-hybridized carbons (Fsp3) is 0.333. The highest BCUT2D eigenvalue weighted by molar-refractivity contribution is 5.23. The van der Waals surface area contributed by atoms with Crippen molar-refractivity contribution in [2.45, 2.75) is 25.8 Å². The van der Waals surface area contributed by atoms with E-state index in [0.29, 0.717) is 0 Å². The van der Waals surface area contributed by atoms with Crippen molar-refractivity contribution in [2.24, 2.45) is 5.73 Å². The van der Waals surface area contributed by atoms with Gasteiger partial charge in [-0.1, -0.05) is 29.8 Å². The number of hydrogen-bond donors (Lipinski definition) is 1. The van der Waals surface area contributed by atoms with Crippen LogP contribution in [0.25, 0.3) is 0 Å². The maximum Gasteiger partial charge on any atom is 0.0303 e. The molecule has 2 N–H and O–H groups in total. The molecule has 0 aliphatic heterocycles. The fourth-order valence-electron chi connectivity index (χ4n) is 1.22. The quantitative estimate of drug-likeness (QED) is 0.698. The van der Waals surface area contributed by atoms with Crippen LogP contribution in [0.4, 0.5) is 0 Å². The van der Waals surface area contributed by atoms with E-state index in [0.717, 1.165) is 12.8 Å². The zero-order valence-corrected chi connectivity index (χ0v) is 7.96. The van der Waals surface area contributed by atoms with E-state index in [1.807, 2.05) is 0 Å². The van der Waals surface area contributed by atoms with Crippen LogP contribution in [0.2, 0.25) is 0 Å². The number of terminal acetylenes is 1. The Morgan fingerprint density at radius 3 is 2.54 bits per heavy atom. The molecule has 68 valence electrons. The van der Waals surface area contributed by atoms with Crippen LogP contribution in [-0.4, -0.2) is 0 Å². The molecule has 0 saturated heterocycles. The lowest BCUT2D eigenvalue weighted by Crippen LogP contribution is -2.09. The van der Waals surface area contributed by atoms with E-state index in [1.165, 1.54) is 11.1 Å². The summed E-state index contributed by atoms with van der Waals surface area (Å²) in [6.07, 6.45) is 6.78. The maximum absolute atomic E-state index is 5.94. The molecule has 13 heavy (non-hydrogen) atoms. The van der Waals surface area contributed by atoms with E-state index in [1.54, 1.807) is 0 Å². The van der Waals surface area contributed by atoms with Crippen molar-refractivity contribution < 1.29 is 0 Å². The highest BCUT2D eigenvalue weighted by Gasteiger charge is 2.03. The van der Waals surface area contributed by atoms with Gasteiger partial charge in [-0.15, -0.1) is 12.3 Å². The van der Waals surface area contributed by atoms with E-state index in [2.05, 4.69) is 37.1 Å². The van der Waals surface area contributed by atoms with E-state index in [-0.39, 0.29) is 6.04 Å². The van der Waals surface area contributed by atoms with Gasteiger partial charge in [-0.25, -0.2) is 0 Å². The molecule has 1 atom stereocenters. The Labute approximate surface area is 80.0 Å². The normalized spacial score (nSPS) is 12.1. The van der Waals surface area contributed by atoms with Crippen molar-refractivity contribution in [1.29, 1.82) is 0 Å². The summed E-state index contributed by atoms with van der Waals surface area (Å²) in [5.74, 6) is 2.60. The predicted molar refractivity (Wildman–Crippen MR) is 56.2 cm³/mol. The molecule has 1 rings (SSSR count). The van der Waals surface area contributed by atoms with Gasteiger partial charge in [-0.3, -0.25) is 0 Å². The van der Waals surface area contributed by atoms with Crippen LogP contribution in [0, 0.1) is 19.3 Å². The van der Waals surface area contributed by atoms with E-state index < -0.39 is 0 Å². The molecule has 0 heterocycles. The van der Waals surface area contributed by atoms with Crippen molar-refractivity contribution >= 4 is 0 Å². The molecule has 0 aliphatic carbocycles. The second-order valence-electron chi connectivity index (χ2n) is 3.26. The third-order valence-corrected chi connectivity index (χ3v) is 2.11. The summed E-state index contributed by atoms with van der Waals surface area (Å²) in [6.45, 7) is 2.07. The lowest BCUT2D eigenvalue weighted by atomic mass is 10.0. The van der Waals surface area contributed by atoms with Gasteiger partial charge >= 0.3 is 0 Å². The SMILES string of the molecule is C#CCCC(N)c1ccc(C)cc1. The first-order valence-electron chi connectivity index (χ1n) is 4.49. The summed E-state index contributed by atoms with van der Waals surface area (Å²) in [5.41, 5.74) is 8.36. The summed E-state index contributed by atoms with van der Waals surface area (Å²) < 4.78 is 0. The molecule has 0 spiro atoms. The van der Waals surface area contributed by atoms with Crippen molar-refractivity contribution in [3.63, 3.8) is 0 Å². The Morgan fingerprint density at radius 2 is 2.00 bits per heavy atom. The summed E-state index contributed by atoms with van der Waals surface area (Å²) in [5, 5.41) is 0. The molecule has 0 amide bonds. The van der Waals surface area contributed by atoms with Gasteiger partial charge in [0.2, 0.25) is 0 Å². The standard InChI is InChI=1S/C12H15N/c1-3-4-5-12(13)11-8-6-10(2)7-9-11/h1,6-9,12H,4-5,13H2,2H3. The van der Waals surface area contributed by atoms with Crippen molar-refractivity contribution in [3.8, 4) is 12.3 Å². The second kappa shape index (κ2) is 4.69. The number of benzene rings is 1. The first-order chi connectivity index (χ1) is 6.24. The van der Waals surface area contributed by atoms with E-state index in [4.69, 9.17) is 12.2 Å². The first-order valence-corrected chi connectivity index (χ1v) is 4.49. The van der Waals surface area contributed by atoms with Gasteiger partial charge < -0.3 is 5.73 Å². The van der Waals surface area contributed by atoms with Crippen LogP contribution in [0.5, 0.6) is 0 Å². The average molecular weight is 173 g/mol. The minimum Gasteiger partial charge on any atom is -0.324 e. The van der Waals surface area contributed by atoms with E-state index >= 15 is 0 Å². The van der Waals surface area contributed by atoms with Crippen molar-refractivity contribution in [1.82, 2.24) is 0 Å². The van der Waals surface area contributed by atoms with Gasteiger partial charge in [-0.05, 0) is 18.9 Å². The maximum atomic E-state index is 5.94. The smallest absolute Gasteiger partial charge is 0.0303 e. The highest BCUT2D eigenvalue weighted by Crippen LogP contribution is 2.15. The molecular formula is C12H15N. The first kappa shape index (κ1) is 9.83. The minimum atomic E-state index is 0.0802. The average Bonchev–Trinajstić information content (AvgIpc) is 2.15. The fourth-order valence-corrected chi connectivity index (χ4v) is 1.22. The predicted octanol–water partition coefficient (Wildman–Crippen LogP) is 2.41. The lowest BCUT2D eigenvalue weighted by molar-refractivity contribution is 0.668. The molecule has 0 radical (unpaired) electrons. The summed E-state index contributed by atoms with van der Waals surface area (Å²) in [7, 11) is 0. The van der Waals surface area contributed by atoms with Gasteiger partial charge in [0.15, 0.2) is 0 Å². The Morgan fingerprint density at radius 1 is 1.38 bits per heavy atom. The summed E-state index contributed by atoms with van der Waals surface area (Å²) in [4.78, 5) is 0. The second-order valence-corrected chi connectivity index (χ2v) is 3.26. The van der Waals surface area contributed by atoms with Crippen molar-refractivity contribution in [3.05, 3.63) is 35.4 Å². The van der Waals surface area contributed by atoms with Crippen molar-refractivity contribution in [2.75, 3.05) is 0 Å². The van der Waals surface area contributed by atoms with E-state index in [9.17, 15) is 0 Å². The zero-order chi connectivity index (χ0) is 9.68. The van der Waals surface area contributed by atoms with Gasteiger partial charge in [0.05, 0.1) is 0 Å². The van der Waals surface area contributed by atoms with Crippen LogP contribution < -0.4 is 5.73 Å². The third-order valence-electron chi connectivity index (χ3n) is 2.11. The minimum absolute atomic E-state index is 0.0802. The Bertz CT molecular complexity index is 292. The third kappa shape index (κ3) is 2.93. The molecule has 0 aromatic heterocycles. The summed E-state index contributed by atoms with van der Waals surface area (Å²) in [6, 6.07) is 8.36. The molecule has 1 unspecified atom stereocenters. The van der Waals surface area contributed by atoms with Crippen LogP contribution in [0.3, 0.4) is 0 Å². The largest absolute Gasteiger partial charge is 0.324 e. The summed E-state index contributed by atoms with van der Waals surface area (Å²) >= 11 is 0. The Hall–Kier alpha value is -1.26. The topological polar surface area (TPSA) is 26.0 Å². The van der Waals surface area contributed by atoms with Crippen LogP contribution in [0.1, 0.15) is 30.0 Å². The number of rotatable bonds is 3. The zero-order valence-electron chi connectivity index (χ0n) is 7.96. The highest BCUT2D eigenvalue weighted by atomic mass is 14.6. The van der Waals surface area contributed by atoms with Crippen LogP contribution in [-0.2, 0) is 0 Å². The van der Waals surface area contributed by atoms with Crippen LogP contribution >= 0.6 is 0 Å². The van der Waals surface area contributed by atoms with Crippen LogP contribution in [0.15, 0.2) is 24.3 Å². The molecule has 0 fully saturated rings. The Kier molecular flexibility index (Phi) is 3.54.